The Balaban J connectivity index is 2.41. The molecule has 1 aromatic rings. The van der Waals surface area contributed by atoms with Crippen molar-refractivity contribution in [3.05, 3.63) is 24.3 Å². The molecule has 0 aromatic heterocycles. The van der Waals surface area contributed by atoms with Gasteiger partial charge in [-0.15, -0.1) is 0 Å². The molecule has 0 bridgehead atoms. The molecular weight excluding hydrogens is 238 g/mol. The molecule has 0 atom stereocenters. The highest BCUT2D eigenvalue weighted by atomic mass is 32.2. The van der Waals surface area contributed by atoms with E-state index in [1.807, 2.05) is 0 Å². The number of primary sulfonamides is 1. The van der Waals surface area contributed by atoms with E-state index in [1.54, 1.807) is 12.1 Å². The van der Waals surface area contributed by atoms with Gasteiger partial charge in [-0.2, -0.15) is 0 Å². The van der Waals surface area contributed by atoms with Crippen molar-refractivity contribution in [1.29, 1.82) is 0 Å². The van der Waals surface area contributed by atoms with Crippen molar-refractivity contribution < 1.29 is 8.42 Å². The predicted molar refractivity (Wildman–Crippen MR) is 69.2 cm³/mol. The number of hydrogen-bond donors (Lipinski definition) is 3. The van der Waals surface area contributed by atoms with Crippen LogP contribution in [0.1, 0.15) is 19.3 Å². The fourth-order valence-corrected chi connectivity index (χ4v) is 1.96. The summed E-state index contributed by atoms with van der Waals surface area (Å²) >= 11 is 0. The van der Waals surface area contributed by atoms with Crippen LogP contribution in [0.5, 0.6) is 0 Å². The largest absolute Gasteiger partial charge is 0.385 e. The molecule has 5 N–H and O–H groups in total. The molecule has 6 heteroatoms. The van der Waals surface area contributed by atoms with Crippen molar-refractivity contribution in [3.63, 3.8) is 0 Å². The van der Waals surface area contributed by atoms with Crippen LogP contribution in [0.2, 0.25) is 0 Å². The number of sulfonamides is 1. The zero-order valence-electron chi connectivity index (χ0n) is 9.72. The summed E-state index contributed by atoms with van der Waals surface area (Å²) in [6.45, 7) is 1.58. The van der Waals surface area contributed by atoms with Crippen LogP contribution in [-0.2, 0) is 10.0 Å². The Labute approximate surface area is 102 Å². The number of benzene rings is 1. The van der Waals surface area contributed by atoms with Gasteiger partial charge in [0, 0.05) is 12.2 Å². The first kappa shape index (κ1) is 14.0. The van der Waals surface area contributed by atoms with Crippen LogP contribution < -0.4 is 16.2 Å². The van der Waals surface area contributed by atoms with Gasteiger partial charge in [0.2, 0.25) is 10.0 Å². The molecule has 0 aliphatic rings. The molecule has 0 saturated heterocycles. The van der Waals surface area contributed by atoms with Gasteiger partial charge in [0.25, 0.3) is 0 Å². The molecule has 5 nitrogen and oxygen atoms in total. The minimum Gasteiger partial charge on any atom is -0.385 e. The van der Waals surface area contributed by atoms with Gasteiger partial charge in [-0.25, -0.2) is 13.6 Å². The van der Waals surface area contributed by atoms with E-state index in [1.165, 1.54) is 12.1 Å². The van der Waals surface area contributed by atoms with Crippen molar-refractivity contribution in [2.24, 2.45) is 10.9 Å². The molecule has 17 heavy (non-hydrogen) atoms. The Hall–Kier alpha value is -1.11. The molecular formula is C11H19N3O2S. The first-order valence-electron chi connectivity index (χ1n) is 5.61. The van der Waals surface area contributed by atoms with Gasteiger partial charge in [-0.3, -0.25) is 0 Å². The van der Waals surface area contributed by atoms with E-state index in [-0.39, 0.29) is 4.90 Å². The summed E-state index contributed by atoms with van der Waals surface area (Å²) in [5.74, 6) is 0. The zero-order chi connectivity index (χ0) is 12.7. The van der Waals surface area contributed by atoms with Crippen molar-refractivity contribution >= 4 is 15.7 Å². The lowest BCUT2D eigenvalue weighted by Gasteiger charge is -2.06. The lowest BCUT2D eigenvalue weighted by Crippen LogP contribution is -2.12. The summed E-state index contributed by atoms with van der Waals surface area (Å²) in [6, 6.07) is 6.42. The predicted octanol–water partition coefficient (Wildman–Crippen LogP) is 0.875. The summed E-state index contributed by atoms with van der Waals surface area (Å²) in [5.41, 5.74) is 6.28. The molecule has 0 unspecified atom stereocenters. The molecule has 0 fully saturated rings. The third-order valence-electron chi connectivity index (χ3n) is 2.39. The SMILES string of the molecule is NCCCCCNc1ccc(S(N)(=O)=O)cc1. The van der Waals surface area contributed by atoms with Crippen LogP contribution in [0.4, 0.5) is 5.69 Å². The summed E-state index contributed by atoms with van der Waals surface area (Å²) in [7, 11) is -3.59. The van der Waals surface area contributed by atoms with Gasteiger partial charge in [-0.05, 0) is 43.7 Å². The van der Waals surface area contributed by atoms with Gasteiger partial charge in [0.1, 0.15) is 0 Å². The quantitative estimate of drug-likeness (QED) is 0.631. The Bertz CT molecular complexity index is 429. The molecule has 1 aromatic carbocycles. The number of anilines is 1. The fraction of sp³-hybridized carbons (Fsp3) is 0.455. The van der Waals surface area contributed by atoms with Gasteiger partial charge in [0.05, 0.1) is 4.90 Å². The van der Waals surface area contributed by atoms with Crippen LogP contribution >= 0.6 is 0 Å². The highest BCUT2D eigenvalue weighted by molar-refractivity contribution is 7.89. The van der Waals surface area contributed by atoms with E-state index in [2.05, 4.69) is 5.32 Å². The van der Waals surface area contributed by atoms with Crippen LogP contribution in [0.25, 0.3) is 0 Å². The van der Waals surface area contributed by atoms with E-state index >= 15 is 0 Å². The summed E-state index contributed by atoms with van der Waals surface area (Å²) in [6.07, 6.45) is 3.18. The Morgan fingerprint density at radius 2 is 1.71 bits per heavy atom. The Kier molecular flexibility index (Phi) is 5.40. The van der Waals surface area contributed by atoms with E-state index in [9.17, 15) is 8.42 Å². The molecule has 0 radical (unpaired) electrons. The highest BCUT2D eigenvalue weighted by Gasteiger charge is 2.06. The zero-order valence-corrected chi connectivity index (χ0v) is 10.5. The lowest BCUT2D eigenvalue weighted by atomic mass is 10.2. The average Bonchev–Trinajstić information content (AvgIpc) is 2.28. The van der Waals surface area contributed by atoms with Crippen LogP contribution in [0.15, 0.2) is 29.2 Å². The van der Waals surface area contributed by atoms with Crippen LogP contribution in [0, 0.1) is 0 Å². The molecule has 0 heterocycles. The topological polar surface area (TPSA) is 98.2 Å². The first-order chi connectivity index (χ1) is 8.04. The second-order valence-electron chi connectivity index (χ2n) is 3.85. The molecule has 96 valence electrons. The molecule has 0 amide bonds. The average molecular weight is 257 g/mol. The van der Waals surface area contributed by atoms with E-state index in [4.69, 9.17) is 10.9 Å². The summed E-state index contributed by atoms with van der Waals surface area (Å²) < 4.78 is 22.0. The first-order valence-corrected chi connectivity index (χ1v) is 7.15. The third-order valence-corrected chi connectivity index (χ3v) is 3.32. The van der Waals surface area contributed by atoms with E-state index in [0.29, 0.717) is 0 Å². The van der Waals surface area contributed by atoms with Crippen molar-refractivity contribution in [2.45, 2.75) is 24.2 Å². The number of nitrogens with one attached hydrogen (secondary N) is 1. The minimum atomic E-state index is -3.59. The molecule has 0 spiro atoms. The fourth-order valence-electron chi connectivity index (χ4n) is 1.44. The van der Waals surface area contributed by atoms with Gasteiger partial charge < -0.3 is 11.1 Å². The summed E-state index contributed by atoms with van der Waals surface area (Å²) in [4.78, 5) is 0.131. The molecule has 0 saturated carbocycles. The Morgan fingerprint density at radius 1 is 1.06 bits per heavy atom. The van der Waals surface area contributed by atoms with Gasteiger partial charge in [0.15, 0.2) is 0 Å². The Morgan fingerprint density at radius 3 is 2.24 bits per heavy atom. The standard InChI is InChI=1S/C11H19N3O2S/c12-8-2-1-3-9-14-10-4-6-11(7-5-10)17(13,15)16/h4-7,14H,1-3,8-9,12H2,(H2,13,15,16). The lowest BCUT2D eigenvalue weighted by molar-refractivity contribution is 0.598. The van der Waals surface area contributed by atoms with E-state index in [0.717, 1.165) is 38.0 Å². The monoisotopic (exact) mass is 257 g/mol. The smallest absolute Gasteiger partial charge is 0.238 e. The number of nitrogens with two attached hydrogens (primary N) is 2. The second-order valence-corrected chi connectivity index (χ2v) is 5.41. The van der Waals surface area contributed by atoms with Gasteiger partial charge in [-0.1, -0.05) is 6.42 Å². The second kappa shape index (κ2) is 6.58. The number of hydrogen-bond acceptors (Lipinski definition) is 4. The van der Waals surface area contributed by atoms with Crippen molar-refractivity contribution in [3.8, 4) is 0 Å². The molecule has 0 aliphatic heterocycles. The van der Waals surface area contributed by atoms with Crippen LogP contribution in [0.3, 0.4) is 0 Å². The highest BCUT2D eigenvalue weighted by Crippen LogP contribution is 2.12. The molecule has 1 rings (SSSR count). The van der Waals surface area contributed by atoms with E-state index < -0.39 is 10.0 Å². The number of rotatable bonds is 7. The van der Waals surface area contributed by atoms with Gasteiger partial charge >= 0.3 is 0 Å². The van der Waals surface area contributed by atoms with Crippen LogP contribution in [-0.4, -0.2) is 21.5 Å². The normalized spacial score (nSPS) is 11.4. The molecule has 0 aliphatic carbocycles. The maximum atomic E-state index is 11.0. The minimum absolute atomic E-state index is 0.131. The summed E-state index contributed by atoms with van der Waals surface area (Å²) in [5, 5.41) is 8.21. The maximum absolute atomic E-state index is 11.0. The van der Waals surface area contributed by atoms with Crippen molar-refractivity contribution in [1.82, 2.24) is 0 Å². The van der Waals surface area contributed by atoms with Crippen molar-refractivity contribution in [2.75, 3.05) is 18.4 Å². The number of unbranched alkanes of at least 4 members (excludes halogenated alkanes) is 2. The maximum Gasteiger partial charge on any atom is 0.238 e. The third kappa shape index (κ3) is 5.16.